The van der Waals surface area contributed by atoms with Gasteiger partial charge in [-0.15, -0.1) is 0 Å². The molecule has 0 aliphatic rings. The number of ether oxygens (including phenoxy) is 1. The molecular formula is C14H13NO3. The smallest absolute Gasteiger partial charge is 0.252 e. The third-order valence-corrected chi connectivity index (χ3v) is 2.49. The Morgan fingerprint density at radius 3 is 2.56 bits per heavy atom. The summed E-state index contributed by atoms with van der Waals surface area (Å²) in [7, 11) is 0. The van der Waals surface area contributed by atoms with Crippen LogP contribution in [0, 0.1) is 6.92 Å². The minimum Gasteiger partial charge on any atom is -0.504 e. The Kier molecular flexibility index (Phi) is 3.19. The van der Waals surface area contributed by atoms with E-state index in [2.05, 4.69) is 0 Å². The van der Waals surface area contributed by atoms with Crippen molar-refractivity contribution in [2.45, 2.75) is 6.92 Å². The van der Waals surface area contributed by atoms with Crippen molar-refractivity contribution in [1.29, 1.82) is 0 Å². The normalized spacial score (nSPS) is 10.1. The third kappa shape index (κ3) is 2.43. The van der Waals surface area contributed by atoms with Crippen molar-refractivity contribution in [3.8, 4) is 17.2 Å². The van der Waals surface area contributed by atoms with Gasteiger partial charge in [0.15, 0.2) is 11.5 Å². The van der Waals surface area contributed by atoms with Gasteiger partial charge >= 0.3 is 0 Å². The summed E-state index contributed by atoms with van der Waals surface area (Å²) in [5, 5.41) is 9.63. The van der Waals surface area contributed by atoms with E-state index in [-0.39, 0.29) is 17.1 Å². The van der Waals surface area contributed by atoms with Gasteiger partial charge in [-0.2, -0.15) is 0 Å². The Morgan fingerprint density at radius 2 is 1.89 bits per heavy atom. The molecule has 18 heavy (non-hydrogen) atoms. The molecule has 0 saturated heterocycles. The number of phenolic OH excluding ortho intramolecular Hbond substituents is 1. The molecule has 0 saturated carbocycles. The van der Waals surface area contributed by atoms with Gasteiger partial charge in [-0.1, -0.05) is 18.2 Å². The molecule has 0 aromatic heterocycles. The number of aromatic hydroxyl groups is 1. The number of aryl methyl sites for hydroxylation is 1. The zero-order chi connectivity index (χ0) is 13.1. The lowest BCUT2D eigenvalue weighted by atomic mass is 10.1. The molecule has 0 aliphatic heterocycles. The van der Waals surface area contributed by atoms with Crippen molar-refractivity contribution in [2.24, 2.45) is 5.73 Å². The molecule has 0 atom stereocenters. The zero-order valence-corrected chi connectivity index (χ0v) is 9.88. The van der Waals surface area contributed by atoms with Crippen molar-refractivity contribution in [1.82, 2.24) is 0 Å². The van der Waals surface area contributed by atoms with E-state index in [1.54, 1.807) is 36.4 Å². The van der Waals surface area contributed by atoms with E-state index in [9.17, 15) is 9.90 Å². The van der Waals surface area contributed by atoms with Crippen LogP contribution in [-0.4, -0.2) is 11.0 Å². The maximum absolute atomic E-state index is 11.3. The Balaban J connectivity index is 2.42. The summed E-state index contributed by atoms with van der Waals surface area (Å²) >= 11 is 0. The van der Waals surface area contributed by atoms with Crippen LogP contribution in [0.15, 0.2) is 42.5 Å². The van der Waals surface area contributed by atoms with E-state index in [1.807, 2.05) is 6.92 Å². The van der Waals surface area contributed by atoms with Gasteiger partial charge in [0.25, 0.3) is 5.91 Å². The minimum absolute atomic E-state index is 0.00873. The Hall–Kier alpha value is -2.49. The van der Waals surface area contributed by atoms with Crippen LogP contribution in [0.3, 0.4) is 0 Å². The fraction of sp³-hybridized carbons (Fsp3) is 0.0714. The van der Waals surface area contributed by atoms with Crippen molar-refractivity contribution in [2.75, 3.05) is 0 Å². The monoisotopic (exact) mass is 243 g/mol. The van der Waals surface area contributed by atoms with Crippen LogP contribution in [0.5, 0.6) is 17.2 Å². The second-order valence-electron chi connectivity index (χ2n) is 3.93. The van der Waals surface area contributed by atoms with Gasteiger partial charge in [-0.3, -0.25) is 4.79 Å². The Morgan fingerprint density at radius 1 is 1.17 bits per heavy atom. The van der Waals surface area contributed by atoms with E-state index < -0.39 is 5.91 Å². The number of carbonyl (C=O) groups excluding carboxylic acids is 1. The Bertz CT molecular complexity index is 593. The number of rotatable bonds is 3. The number of benzene rings is 2. The summed E-state index contributed by atoms with van der Waals surface area (Å²) < 4.78 is 5.53. The van der Waals surface area contributed by atoms with Crippen LogP contribution in [0.1, 0.15) is 15.9 Å². The molecule has 0 spiro atoms. The van der Waals surface area contributed by atoms with Gasteiger partial charge < -0.3 is 15.6 Å². The number of carbonyl (C=O) groups is 1. The zero-order valence-electron chi connectivity index (χ0n) is 9.88. The predicted molar refractivity (Wildman–Crippen MR) is 67.9 cm³/mol. The fourth-order valence-corrected chi connectivity index (χ4v) is 1.58. The molecule has 0 bridgehead atoms. The number of nitrogens with two attached hydrogens (primary N) is 1. The third-order valence-electron chi connectivity index (χ3n) is 2.49. The molecule has 2 aromatic carbocycles. The van der Waals surface area contributed by atoms with E-state index in [1.165, 1.54) is 6.07 Å². The van der Waals surface area contributed by atoms with Crippen LogP contribution >= 0.6 is 0 Å². The summed E-state index contributed by atoms with van der Waals surface area (Å²) in [6.07, 6.45) is 0. The minimum atomic E-state index is -0.569. The first-order valence-electron chi connectivity index (χ1n) is 5.44. The number of primary amides is 1. The highest BCUT2D eigenvalue weighted by molar-refractivity contribution is 5.95. The van der Waals surface area contributed by atoms with Gasteiger partial charge in [-0.05, 0) is 36.8 Å². The molecule has 0 heterocycles. The second kappa shape index (κ2) is 4.79. The molecule has 2 rings (SSSR count). The van der Waals surface area contributed by atoms with Gasteiger partial charge in [-0.25, -0.2) is 0 Å². The molecule has 3 N–H and O–H groups in total. The molecule has 2 aromatic rings. The van der Waals surface area contributed by atoms with Gasteiger partial charge in [0.05, 0.1) is 5.56 Å². The summed E-state index contributed by atoms with van der Waals surface area (Å²) in [5.41, 5.74) is 6.49. The number of para-hydroxylation sites is 2. The first kappa shape index (κ1) is 12.0. The van der Waals surface area contributed by atoms with Crippen LogP contribution in [-0.2, 0) is 0 Å². The van der Waals surface area contributed by atoms with Crippen LogP contribution in [0.25, 0.3) is 0 Å². The SMILES string of the molecule is Cc1ccc(C(N)=O)c(Oc2ccccc2O)c1. The lowest BCUT2D eigenvalue weighted by Gasteiger charge is -2.11. The fourth-order valence-electron chi connectivity index (χ4n) is 1.58. The predicted octanol–water partition coefficient (Wildman–Crippen LogP) is 2.59. The molecule has 1 amide bonds. The summed E-state index contributed by atoms with van der Waals surface area (Å²) in [6, 6.07) is 11.6. The van der Waals surface area contributed by atoms with E-state index in [4.69, 9.17) is 10.5 Å². The highest BCUT2D eigenvalue weighted by Crippen LogP contribution is 2.32. The van der Waals surface area contributed by atoms with Crippen molar-refractivity contribution >= 4 is 5.91 Å². The molecule has 92 valence electrons. The maximum atomic E-state index is 11.3. The van der Waals surface area contributed by atoms with Crippen LogP contribution in [0.4, 0.5) is 0 Å². The van der Waals surface area contributed by atoms with Crippen molar-refractivity contribution in [3.05, 3.63) is 53.6 Å². The molecule has 0 fully saturated rings. The number of phenols is 1. The highest BCUT2D eigenvalue weighted by atomic mass is 16.5. The molecule has 4 heteroatoms. The topological polar surface area (TPSA) is 72.6 Å². The first-order valence-corrected chi connectivity index (χ1v) is 5.44. The van der Waals surface area contributed by atoms with Gasteiger partial charge in [0, 0.05) is 0 Å². The largest absolute Gasteiger partial charge is 0.504 e. The Labute approximate surface area is 105 Å². The van der Waals surface area contributed by atoms with Crippen molar-refractivity contribution in [3.63, 3.8) is 0 Å². The van der Waals surface area contributed by atoms with Crippen LogP contribution < -0.4 is 10.5 Å². The molecule has 0 unspecified atom stereocenters. The second-order valence-corrected chi connectivity index (χ2v) is 3.93. The summed E-state index contributed by atoms with van der Waals surface area (Å²) in [5.74, 6) is 0.0597. The molecule has 0 radical (unpaired) electrons. The number of hydrogen-bond donors (Lipinski definition) is 2. The van der Waals surface area contributed by atoms with Gasteiger partial charge in [0.2, 0.25) is 0 Å². The maximum Gasteiger partial charge on any atom is 0.252 e. The lowest BCUT2D eigenvalue weighted by Crippen LogP contribution is -2.12. The average molecular weight is 243 g/mol. The molecular weight excluding hydrogens is 230 g/mol. The molecule has 4 nitrogen and oxygen atoms in total. The number of amides is 1. The molecule has 0 aliphatic carbocycles. The number of hydrogen-bond acceptors (Lipinski definition) is 3. The van der Waals surface area contributed by atoms with E-state index >= 15 is 0 Å². The van der Waals surface area contributed by atoms with Crippen molar-refractivity contribution < 1.29 is 14.6 Å². The lowest BCUT2D eigenvalue weighted by molar-refractivity contribution is 0.0998. The summed E-state index contributed by atoms with van der Waals surface area (Å²) in [6.45, 7) is 1.88. The quantitative estimate of drug-likeness (QED) is 0.870. The summed E-state index contributed by atoms with van der Waals surface area (Å²) in [4.78, 5) is 11.3. The first-order chi connectivity index (χ1) is 8.58. The standard InChI is InChI=1S/C14H13NO3/c1-9-6-7-10(14(15)17)13(8-9)18-12-5-3-2-4-11(12)16/h2-8,16H,1H3,(H2,15,17). The average Bonchev–Trinajstić information content (AvgIpc) is 2.32. The highest BCUT2D eigenvalue weighted by Gasteiger charge is 2.11. The van der Waals surface area contributed by atoms with E-state index in [0.29, 0.717) is 5.75 Å². The van der Waals surface area contributed by atoms with Gasteiger partial charge in [0.1, 0.15) is 5.75 Å². The van der Waals surface area contributed by atoms with Crippen LogP contribution in [0.2, 0.25) is 0 Å². The van der Waals surface area contributed by atoms with E-state index in [0.717, 1.165) is 5.56 Å².